The largest absolute Gasteiger partial charge is 0.425 e. The second-order valence-electron chi connectivity index (χ2n) is 6.64. The average molecular weight is 449 g/mol. The number of esters is 1. The van der Waals surface area contributed by atoms with E-state index >= 15 is 0 Å². The van der Waals surface area contributed by atoms with E-state index in [1.165, 1.54) is 19.1 Å². The number of carbonyl (C=O) groups is 2. The van der Waals surface area contributed by atoms with Crippen LogP contribution >= 0.6 is 15.9 Å². The predicted octanol–water partition coefficient (Wildman–Crippen LogP) is 5.74. The smallest absolute Gasteiger partial charge is 0.308 e. The maximum atomic E-state index is 13.5. The number of fused-ring (bicyclic) bond motifs is 2. The van der Waals surface area contributed by atoms with E-state index < -0.39 is 5.97 Å². The van der Waals surface area contributed by atoms with Crippen molar-refractivity contribution in [1.82, 2.24) is 0 Å². The van der Waals surface area contributed by atoms with Gasteiger partial charge in [0.25, 0.3) is 0 Å². The number of hydrogen-bond donors (Lipinski definition) is 0. The molecule has 4 rings (SSSR count). The van der Waals surface area contributed by atoms with Crippen molar-refractivity contribution in [3.8, 4) is 0 Å². The van der Waals surface area contributed by atoms with Crippen LogP contribution in [0.4, 0.5) is 8.78 Å². The first-order chi connectivity index (χ1) is 13.4. The van der Waals surface area contributed by atoms with Gasteiger partial charge in [0.1, 0.15) is 17.4 Å². The van der Waals surface area contributed by atoms with Gasteiger partial charge in [-0.1, -0.05) is 40.2 Å². The summed E-state index contributed by atoms with van der Waals surface area (Å²) in [5.74, 6) is -0.365. The number of halogens is 3. The van der Waals surface area contributed by atoms with Gasteiger partial charge in [0.2, 0.25) is 0 Å². The van der Waals surface area contributed by atoms with Crippen LogP contribution in [0.1, 0.15) is 53.2 Å². The Bertz CT molecular complexity index is 966. The van der Waals surface area contributed by atoms with E-state index in [0.717, 1.165) is 10.9 Å². The third-order valence-electron chi connectivity index (χ3n) is 4.70. The maximum absolute atomic E-state index is 13.5. The minimum absolute atomic E-state index is 0.0794. The van der Waals surface area contributed by atoms with E-state index in [1.54, 1.807) is 24.3 Å². The summed E-state index contributed by atoms with van der Waals surface area (Å²) < 4.78 is 32.5. The van der Waals surface area contributed by atoms with Crippen LogP contribution in [0.3, 0.4) is 0 Å². The topological polar surface area (TPSA) is 43.4 Å². The van der Waals surface area contributed by atoms with Crippen molar-refractivity contribution < 1.29 is 23.1 Å². The van der Waals surface area contributed by atoms with E-state index in [9.17, 15) is 18.4 Å². The highest BCUT2D eigenvalue weighted by atomic mass is 79.9. The number of ketones is 1. The van der Waals surface area contributed by atoms with Crippen molar-refractivity contribution in [2.45, 2.75) is 39.0 Å². The molecule has 2 aromatic carbocycles. The number of hydrogen-bond acceptors (Lipinski definition) is 3. The zero-order valence-corrected chi connectivity index (χ0v) is 16.9. The molecule has 0 spiro atoms. The monoisotopic (exact) mass is 448 g/mol. The number of ether oxygens (including phenoxy) is 1. The highest BCUT2D eigenvalue weighted by Crippen LogP contribution is 2.36. The molecule has 0 saturated heterocycles. The lowest BCUT2D eigenvalue weighted by molar-refractivity contribution is -0.134. The summed E-state index contributed by atoms with van der Waals surface area (Å²) in [4.78, 5) is 22.3. The summed E-state index contributed by atoms with van der Waals surface area (Å²) in [6, 6.07) is 9.51. The molecule has 3 nitrogen and oxygen atoms in total. The summed E-state index contributed by atoms with van der Waals surface area (Å²) in [7, 11) is 0. The van der Waals surface area contributed by atoms with Crippen LogP contribution in [0.2, 0.25) is 0 Å². The van der Waals surface area contributed by atoms with Gasteiger partial charge in [-0.15, -0.1) is 0 Å². The van der Waals surface area contributed by atoms with Crippen molar-refractivity contribution in [3.05, 3.63) is 74.8 Å². The molecule has 0 N–H and O–H groups in total. The molecule has 0 atom stereocenters. The molecule has 0 unspecified atom stereocenters. The van der Waals surface area contributed by atoms with E-state index in [1.807, 2.05) is 0 Å². The molecule has 2 aliphatic rings. The molecular weight excluding hydrogens is 430 g/mol. The van der Waals surface area contributed by atoms with Crippen LogP contribution < -0.4 is 0 Å². The predicted molar refractivity (Wildman–Crippen MR) is 106 cm³/mol. The van der Waals surface area contributed by atoms with Crippen LogP contribution in [-0.4, -0.2) is 11.8 Å². The van der Waals surface area contributed by atoms with Gasteiger partial charge < -0.3 is 4.74 Å². The van der Waals surface area contributed by atoms with Gasteiger partial charge in [-0.2, -0.15) is 0 Å². The summed E-state index contributed by atoms with van der Waals surface area (Å²) >= 11 is 3.36. The molecular formula is C22H19BrF2O3. The molecule has 2 aromatic rings. The lowest BCUT2D eigenvalue weighted by Gasteiger charge is -2.19. The lowest BCUT2D eigenvalue weighted by Crippen LogP contribution is -2.11. The zero-order chi connectivity index (χ0) is 20.3. The Labute approximate surface area is 170 Å². The Hall–Kier alpha value is -2.34. The number of benzene rings is 2. The van der Waals surface area contributed by atoms with Gasteiger partial charge in [0.05, 0.1) is 0 Å². The molecule has 0 heterocycles. The first kappa shape index (κ1) is 20.4. The molecule has 0 aromatic heterocycles. The zero-order valence-electron chi connectivity index (χ0n) is 15.4. The lowest BCUT2D eigenvalue weighted by atomic mass is 9.90. The molecule has 0 aliphatic heterocycles. The van der Waals surface area contributed by atoms with Gasteiger partial charge in [-0.25, -0.2) is 8.78 Å². The Balaban J connectivity index is 0.000000167. The molecule has 2 aliphatic carbocycles. The van der Waals surface area contributed by atoms with Crippen LogP contribution in [0.25, 0.3) is 5.76 Å². The number of allylic oxidation sites excluding steroid dienone is 1. The van der Waals surface area contributed by atoms with Crippen molar-refractivity contribution >= 4 is 33.4 Å². The molecule has 146 valence electrons. The Morgan fingerprint density at radius 3 is 2.14 bits per heavy atom. The van der Waals surface area contributed by atoms with Gasteiger partial charge in [-0.05, 0) is 48.9 Å². The Morgan fingerprint density at radius 2 is 1.54 bits per heavy atom. The van der Waals surface area contributed by atoms with E-state index in [4.69, 9.17) is 4.74 Å². The molecule has 0 radical (unpaired) electrons. The highest BCUT2D eigenvalue weighted by molar-refractivity contribution is 9.11. The summed E-state index contributed by atoms with van der Waals surface area (Å²) in [5.41, 5.74) is 2.46. The summed E-state index contributed by atoms with van der Waals surface area (Å²) in [6.45, 7) is 1.33. The molecule has 0 bridgehead atoms. The standard InChI is InChI=1S/C12H10BrFO2.C10H9FO/c1-7(15)16-12-9-3-2-4-11(14)8(9)5-6-10(12)13;11-9-5-1-4-8-7(9)3-2-6-10(8)12/h2-4H,5-6H2,1H3;1,4-5H,2-3,6H2. The van der Waals surface area contributed by atoms with E-state index in [0.29, 0.717) is 53.7 Å². The molecule has 0 saturated carbocycles. The molecule has 6 heteroatoms. The fraction of sp³-hybridized carbons (Fsp3) is 0.273. The number of carbonyl (C=O) groups excluding carboxylic acids is 2. The maximum Gasteiger partial charge on any atom is 0.308 e. The third-order valence-corrected chi connectivity index (χ3v) is 5.46. The quantitative estimate of drug-likeness (QED) is 0.522. The van der Waals surface area contributed by atoms with Crippen LogP contribution in [0.15, 0.2) is 40.9 Å². The van der Waals surface area contributed by atoms with Gasteiger partial charge >= 0.3 is 5.97 Å². The minimum atomic E-state index is -0.399. The fourth-order valence-corrected chi connectivity index (χ4v) is 3.90. The van der Waals surface area contributed by atoms with Gasteiger partial charge in [0, 0.05) is 29.0 Å². The average Bonchev–Trinajstić information content (AvgIpc) is 2.66. The van der Waals surface area contributed by atoms with Crippen LogP contribution in [0.5, 0.6) is 0 Å². The van der Waals surface area contributed by atoms with Crippen molar-refractivity contribution in [3.63, 3.8) is 0 Å². The summed E-state index contributed by atoms with van der Waals surface area (Å²) in [5, 5.41) is 0. The van der Waals surface area contributed by atoms with Gasteiger partial charge in [0.15, 0.2) is 5.78 Å². The van der Waals surface area contributed by atoms with E-state index in [-0.39, 0.29) is 17.4 Å². The van der Waals surface area contributed by atoms with Crippen molar-refractivity contribution in [2.24, 2.45) is 0 Å². The van der Waals surface area contributed by atoms with Crippen molar-refractivity contribution in [2.75, 3.05) is 0 Å². The first-order valence-corrected chi connectivity index (χ1v) is 9.83. The summed E-state index contributed by atoms with van der Waals surface area (Å²) in [6.07, 6.45) is 3.32. The van der Waals surface area contributed by atoms with Gasteiger partial charge in [-0.3, -0.25) is 9.59 Å². The second-order valence-corrected chi connectivity index (χ2v) is 7.59. The molecule has 28 heavy (non-hydrogen) atoms. The third kappa shape index (κ3) is 4.38. The van der Waals surface area contributed by atoms with E-state index in [2.05, 4.69) is 15.9 Å². The number of rotatable bonds is 1. The SMILES string of the molecule is CC(=O)OC1=C(Br)CCc2c(F)cccc21.O=C1CCCc2c(F)cccc21. The van der Waals surface area contributed by atoms with Crippen LogP contribution in [-0.2, 0) is 22.4 Å². The highest BCUT2D eigenvalue weighted by Gasteiger charge is 2.22. The fourth-order valence-electron chi connectivity index (χ4n) is 3.41. The molecule has 0 fully saturated rings. The van der Waals surface area contributed by atoms with Crippen LogP contribution in [0, 0.1) is 11.6 Å². The first-order valence-electron chi connectivity index (χ1n) is 9.04. The molecule has 0 amide bonds. The minimum Gasteiger partial charge on any atom is -0.425 e. The Kier molecular flexibility index (Phi) is 6.39. The second kappa shape index (κ2) is 8.78. The Morgan fingerprint density at radius 1 is 0.929 bits per heavy atom. The number of Topliss-reactive ketones (excluding diaryl/α,β-unsaturated/α-hetero) is 1. The normalized spacial score (nSPS) is 15.2. The van der Waals surface area contributed by atoms with Crippen molar-refractivity contribution in [1.29, 1.82) is 0 Å².